The molecule has 4 rings (SSSR count). The van der Waals surface area contributed by atoms with E-state index in [2.05, 4.69) is 10.3 Å². The number of rotatable bonds is 7. The Morgan fingerprint density at radius 3 is 2.56 bits per heavy atom. The average Bonchev–Trinajstić information content (AvgIpc) is 3.15. The van der Waals surface area contributed by atoms with Gasteiger partial charge in [-0.3, -0.25) is 9.59 Å². The number of hydrogen-bond acceptors (Lipinski definition) is 6. The third-order valence-electron chi connectivity index (χ3n) is 4.74. The first kappa shape index (κ1) is 21.7. The van der Waals surface area contributed by atoms with E-state index in [4.69, 9.17) is 9.26 Å². The van der Waals surface area contributed by atoms with Gasteiger partial charge in [-0.25, -0.2) is 4.98 Å². The van der Waals surface area contributed by atoms with Crippen molar-refractivity contribution in [2.24, 2.45) is 0 Å². The minimum Gasteiger partial charge on any atom is -0.481 e. The van der Waals surface area contributed by atoms with E-state index in [-0.39, 0.29) is 11.5 Å². The monoisotopic (exact) mass is 449 g/mol. The zero-order valence-electron chi connectivity index (χ0n) is 18.0. The van der Waals surface area contributed by atoms with E-state index in [0.29, 0.717) is 34.3 Å². The summed E-state index contributed by atoms with van der Waals surface area (Å²) in [5.74, 6) is 1.61. The Morgan fingerprint density at radius 1 is 1.12 bits per heavy atom. The van der Waals surface area contributed by atoms with Crippen LogP contribution in [-0.2, 0) is 10.5 Å². The number of benzene rings is 2. The molecular weight excluding hydrogens is 426 g/mol. The molecule has 0 spiro atoms. The third kappa shape index (κ3) is 5.20. The highest BCUT2D eigenvalue weighted by molar-refractivity contribution is 7.98. The summed E-state index contributed by atoms with van der Waals surface area (Å²) < 4.78 is 12.2. The molecule has 164 valence electrons. The first-order valence-corrected chi connectivity index (χ1v) is 11.1. The number of fused-ring (bicyclic) bond motifs is 1. The van der Waals surface area contributed by atoms with Crippen molar-refractivity contribution in [2.75, 3.05) is 5.32 Å². The molecule has 4 aromatic rings. The predicted molar refractivity (Wildman–Crippen MR) is 124 cm³/mol. The molecule has 32 heavy (non-hydrogen) atoms. The molecule has 0 unspecified atom stereocenters. The van der Waals surface area contributed by atoms with Crippen molar-refractivity contribution >= 4 is 29.0 Å². The summed E-state index contributed by atoms with van der Waals surface area (Å²) in [6, 6.07) is 18.3. The van der Waals surface area contributed by atoms with Gasteiger partial charge in [-0.1, -0.05) is 17.7 Å². The molecule has 0 saturated heterocycles. The van der Waals surface area contributed by atoms with Crippen LogP contribution in [0, 0.1) is 13.8 Å². The summed E-state index contributed by atoms with van der Waals surface area (Å²) in [6.07, 6.45) is -0.626. The van der Waals surface area contributed by atoms with Gasteiger partial charge in [0.2, 0.25) is 0 Å². The number of thioether (sulfide) groups is 1. The second kappa shape index (κ2) is 9.32. The Kier molecular flexibility index (Phi) is 6.32. The van der Waals surface area contributed by atoms with Crippen LogP contribution in [0.1, 0.15) is 23.9 Å². The fraction of sp³-hybridized carbons (Fsp3) is 0.208. The van der Waals surface area contributed by atoms with Crippen LogP contribution < -0.4 is 15.6 Å². The highest BCUT2D eigenvalue weighted by Gasteiger charge is 2.15. The van der Waals surface area contributed by atoms with E-state index in [0.717, 1.165) is 10.5 Å². The number of nitrogens with one attached hydrogen (secondary N) is 1. The Labute approximate surface area is 189 Å². The lowest BCUT2D eigenvalue weighted by Gasteiger charge is -2.15. The summed E-state index contributed by atoms with van der Waals surface area (Å²) in [5, 5.41) is 2.86. The first-order chi connectivity index (χ1) is 15.4. The van der Waals surface area contributed by atoms with Crippen molar-refractivity contribution in [3.63, 3.8) is 0 Å². The number of aryl methyl sites for hydroxylation is 2. The Hall–Kier alpha value is -3.52. The van der Waals surface area contributed by atoms with Crippen molar-refractivity contribution in [3.8, 4) is 5.75 Å². The molecule has 0 saturated carbocycles. The molecule has 8 heteroatoms. The lowest BCUT2D eigenvalue weighted by atomic mass is 10.2. The van der Waals surface area contributed by atoms with E-state index in [9.17, 15) is 9.59 Å². The SMILES string of the molecule is Cc1ccc(O[C@@H](C)C(=O)Nc2ccc(SCc3cc(=O)n4oc(C)cc4n3)cc2)cc1. The normalized spacial score (nSPS) is 12.0. The van der Waals surface area contributed by atoms with E-state index < -0.39 is 6.10 Å². The zero-order chi connectivity index (χ0) is 22.7. The summed E-state index contributed by atoms with van der Waals surface area (Å²) in [5.41, 5.74) is 2.77. The maximum Gasteiger partial charge on any atom is 0.287 e. The number of ether oxygens (including phenoxy) is 1. The van der Waals surface area contributed by atoms with Crippen LogP contribution in [0.2, 0.25) is 0 Å². The molecule has 1 N–H and O–H groups in total. The molecule has 0 aliphatic heterocycles. The minimum absolute atomic E-state index is 0.223. The largest absolute Gasteiger partial charge is 0.481 e. The number of carbonyl (C=O) groups excluding carboxylic acids is 1. The van der Waals surface area contributed by atoms with Crippen LogP contribution >= 0.6 is 11.8 Å². The number of nitrogens with zero attached hydrogens (tertiary/aromatic N) is 2. The van der Waals surface area contributed by atoms with Gasteiger partial charge in [-0.15, -0.1) is 16.3 Å². The maximum absolute atomic E-state index is 12.4. The predicted octanol–water partition coefficient (Wildman–Crippen LogP) is 4.60. The molecular formula is C24H23N3O4S. The van der Waals surface area contributed by atoms with Gasteiger partial charge in [-0.2, -0.15) is 0 Å². The molecule has 0 radical (unpaired) electrons. The molecule has 0 fully saturated rings. The summed E-state index contributed by atoms with van der Waals surface area (Å²) in [6.45, 7) is 5.49. The fourth-order valence-corrected chi connectivity index (χ4v) is 3.85. The van der Waals surface area contributed by atoms with Crippen LogP contribution in [0.5, 0.6) is 5.75 Å². The molecule has 7 nitrogen and oxygen atoms in total. The fourth-order valence-electron chi connectivity index (χ4n) is 3.06. The zero-order valence-corrected chi connectivity index (χ0v) is 18.8. The van der Waals surface area contributed by atoms with Crippen molar-refractivity contribution in [1.29, 1.82) is 0 Å². The van der Waals surface area contributed by atoms with Crippen LogP contribution in [-0.4, -0.2) is 21.6 Å². The van der Waals surface area contributed by atoms with Gasteiger partial charge >= 0.3 is 0 Å². The van der Waals surface area contributed by atoms with Crippen LogP contribution in [0.15, 0.2) is 74.9 Å². The topological polar surface area (TPSA) is 85.8 Å². The van der Waals surface area contributed by atoms with E-state index in [1.54, 1.807) is 31.7 Å². The second-order valence-corrected chi connectivity index (χ2v) is 8.51. The van der Waals surface area contributed by atoms with Crippen molar-refractivity contribution < 1.29 is 14.1 Å². The smallest absolute Gasteiger partial charge is 0.287 e. The first-order valence-electron chi connectivity index (χ1n) is 10.1. The minimum atomic E-state index is -0.626. The summed E-state index contributed by atoms with van der Waals surface area (Å²) >= 11 is 1.56. The lowest BCUT2D eigenvalue weighted by Crippen LogP contribution is -2.30. The van der Waals surface area contributed by atoms with Crippen molar-refractivity contribution in [2.45, 2.75) is 37.5 Å². The third-order valence-corrected chi connectivity index (χ3v) is 5.78. The van der Waals surface area contributed by atoms with E-state index in [1.807, 2.05) is 55.5 Å². The molecule has 0 bridgehead atoms. The number of amides is 1. The van der Waals surface area contributed by atoms with Gasteiger partial charge in [0.15, 0.2) is 11.8 Å². The molecule has 1 atom stereocenters. The maximum atomic E-state index is 12.4. The van der Waals surface area contributed by atoms with Crippen molar-refractivity contribution in [1.82, 2.24) is 9.56 Å². The lowest BCUT2D eigenvalue weighted by molar-refractivity contribution is -0.122. The highest BCUT2D eigenvalue weighted by Crippen LogP contribution is 2.24. The van der Waals surface area contributed by atoms with Gasteiger partial charge in [0, 0.05) is 28.5 Å². The van der Waals surface area contributed by atoms with Gasteiger partial charge in [0.1, 0.15) is 11.5 Å². The van der Waals surface area contributed by atoms with Gasteiger partial charge in [0.05, 0.1) is 5.69 Å². The average molecular weight is 450 g/mol. The summed E-state index contributed by atoms with van der Waals surface area (Å²) in [7, 11) is 0. The second-order valence-electron chi connectivity index (χ2n) is 7.46. The molecule has 1 amide bonds. The van der Waals surface area contributed by atoms with Crippen LogP contribution in [0.3, 0.4) is 0 Å². The molecule has 2 aromatic carbocycles. The number of aromatic nitrogens is 2. The molecule has 0 aliphatic carbocycles. The number of carbonyl (C=O) groups is 1. The Balaban J connectivity index is 1.33. The number of anilines is 1. The van der Waals surface area contributed by atoms with E-state index >= 15 is 0 Å². The van der Waals surface area contributed by atoms with Gasteiger partial charge in [-0.05, 0) is 57.2 Å². The van der Waals surface area contributed by atoms with Crippen LogP contribution in [0.4, 0.5) is 5.69 Å². The van der Waals surface area contributed by atoms with Gasteiger partial charge in [0.25, 0.3) is 11.5 Å². The highest BCUT2D eigenvalue weighted by atomic mass is 32.2. The molecule has 0 aliphatic rings. The number of hydrogen-bond donors (Lipinski definition) is 1. The van der Waals surface area contributed by atoms with E-state index in [1.165, 1.54) is 10.6 Å². The summed E-state index contributed by atoms with van der Waals surface area (Å²) in [4.78, 5) is 30.0. The Bertz CT molecular complexity index is 1290. The molecule has 2 aromatic heterocycles. The van der Waals surface area contributed by atoms with Crippen LogP contribution in [0.25, 0.3) is 5.65 Å². The molecule has 2 heterocycles. The van der Waals surface area contributed by atoms with Gasteiger partial charge < -0.3 is 14.6 Å². The quantitative estimate of drug-likeness (QED) is 0.415. The van der Waals surface area contributed by atoms with Crippen molar-refractivity contribution in [3.05, 3.63) is 88.0 Å². The standard InChI is InChI=1S/C24H23N3O4S/c1-15-4-8-20(9-5-15)30-17(3)24(29)26-18-6-10-21(11-7-18)32-14-19-13-23(28)27-22(25-19)12-16(2)31-27/h4-13,17H,14H2,1-3H3,(H,26,29)/t17-/m0/s1. The Morgan fingerprint density at radius 2 is 1.84 bits per heavy atom.